The molecule has 3 rings (SSSR count). The summed E-state index contributed by atoms with van der Waals surface area (Å²) in [5.74, 6) is -1.32. The molecule has 3 aromatic carbocycles. The van der Waals surface area contributed by atoms with E-state index < -0.39 is 11.7 Å². The molecule has 0 atom stereocenters. The molecular formula is C22H19N3O3. The number of ketones is 1. The van der Waals surface area contributed by atoms with Crippen LogP contribution in [0, 0.1) is 6.92 Å². The number of carbonyl (C=O) groups excluding carboxylic acids is 3. The number of hydrogen-bond acceptors (Lipinski definition) is 3. The summed E-state index contributed by atoms with van der Waals surface area (Å²) < 4.78 is 0. The molecule has 0 fully saturated rings. The maximum Gasteiger partial charge on any atom is 0.323 e. The second kappa shape index (κ2) is 8.64. The molecule has 0 aliphatic rings. The van der Waals surface area contributed by atoms with Gasteiger partial charge in [-0.3, -0.25) is 9.59 Å². The minimum absolute atomic E-state index is 0.332. The van der Waals surface area contributed by atoms with Gasteiger partial charge in [0.25, 0.3) is 11.7 Å². The Balaban J connectivity index is 1.56. The lowest BCUT2D eigenvalue weighted by Crippen LogP contribution is -2.23. The van der Waals surface area contributed by atoms with E-state index in [0.717, 1.165) is 5.56 Å². The van der Waals surface area contributed by atoms with Crippen molar-refractivity contribution in [3.8, 4) is 0 Å². The zero-order chi connectivity index (χ0) is 19.9. The highest BCUT2D eigenvalue weighted by molar-refractivity contribution is 6.46. The molecule has 0 aliphatic carbocycles. The third kappa shape index (κ3) is 5.04. The quantitative estimate of drug-likeness (QED) is 0.456. The monoisotopic (exact) mass is 373 g/mol. The maximum atomic E-state index is 12.2. The van der Waals surface area contributed by atoms with Crippen LogP contribution in [0.3, 0.4) is 0 Å². The van der Waals surface area contributed by atoms with Gasteiger partial charge in [-0.25, -0.2) is 4.79 Å². The Bertz CT molecular complexity index is 982. The fourth-order valence-electron chi connectivity index (χ4n) is 2.48. The number of nitrogens with one attached hydrogen (secondary N) is 3. The molecule has 140 valence electrons. The first kappa shape index (κ1) is 18.8. The Morgan fingerprint density at radius 3 is 1.68 bits per heavy atom. The molecule has 0 saturated heterocycles. The van der Waals surface area contributed by atoms with Crippen molar-refractivity contribution in [1.29, 1.82) is 0 Å². The van der Waals surface area contributed by atoms with Gasteiger partial charge in [-0.2, -0.15) is 0 Å². The van der Waals surface area contributed by atoms with E-state index in [9.17, 15) is 14.4 Å². The maximum absolute atomic E-state index is 12.2. The van der Waals surface area contributed by atoms with Crippen molar-refractivity contribution >= 4 is 34.8 Å². The molecule has 0 heterocycles. The SMILES string of the molecule is Cc1ccc(C(=O)C(=O)Nc2ccc(NC(=O)Nc3ccccc3)cc2)cc1. The molecule has 6 heteroatoms. The van der Waals surface area contributed by atoms with Gasteiger partial charge in [0.15, 0.2) is 0 Å². The van der Waals surface area contributed by atoms with Gasteiger partial charge in [0, 0.05) is 22.6 Å². The molecule has 0 radical (unpaired) electrons. The highest BCUT2D eigenvalue weighted by atomic mass is 16.2. The number of amides is 3. The number of anilines is 3. The minimum atomic E-state index is -0.716. The van der Waals surface area contributed by atoms with Gasteiger partial charge in [0.2, 0.25) is 0 Å². The smallest absolute Gasteiger partial charge is 0.319 e. The van der Waals surface area contributed by atoms with Gasteiger partial charge >= 0.3 is 6.03 Å². The van der Waals surface area contributed by atoms with Crippen molar-refractivity contribution in [2.45, 2.75) is 6.92 Å². The average molecular weight is 373 g/mol. The van der Waals surface area contributed by atoms with Crippen LogP contribution in [0.4, 0.5) is 21.9 Å². The van der Waals surface area contributed by atoms with Gasteiger partial charge < -0.3 is 16.0 Å². The van der Waals surface area contributed by atoms with E-state index in [4.69, 9.17) is 0 Å². The Morgan fingerprint density at radius 1 is 0.607 bits per heavy atom. The van der Waals surface area contributed by atoms with Crippen molar-refractivity contribution in [2.24, 2.45) is 0 Å². The van der Waals surface area contributed by atoms with Crippen LogP contribution in [0.5, 0.6) is 0 Å². The first-order valence-corrected chi connectivity index (χ1v) is 8.67. The summed E-state index contributed by atoms with van der Waals surface area (Å²) in [6, 6.07) is 22.0. The van der Waals surface area contributed by atoms with Gasteiger partial charge in [0.05, 0.1) is 0 Å². The Labute approximate surface area is 162 Å². The molecule has 3 N–H and O–H groups in total. The molecular weight excluding hydrogens is 354 g/mol. The van der Waals surface area contributed by atoms with Crippen molar-refractivity contribution in [3.05, 3.63) is 90.0 Å². The summed E-state index contributed by atoms with van der Waals surface area (Å²) in [6.45, 7) is 1.91. The number of benzene rings is 3. The first-order chi connectivity index (χ1) is 13.5. The number of Topliss-reactive ketones (excluding diaryl/α,β-unsaturated/α-hetero) is 1. The predicted molar refractivity (Wildman–Crippen MR) is 110 cm³/mol. The lowest BCUT2D eigenvalue weighted by atomic mass is 10.1. The van der Waals surface area contributed by atoms with Crippen LogP contribution in [-0.2, 0) is 4.79 Å². The summed E-state index contributed by atoms with van der Waals surface area (Å²) in [5.41, 5.74) is 3.03. The Hall–Kier alpha value is -3.93. The van der Waals surface area contributed by atoms with Crippen LogP contribution in [-0.4, -0.2) is 17.7 Å². The lowest BCUT2D eigenvalue weighted by molar-refractivity contribution is -0.112. The van der Waals surface area contributed by atoms with Gasteiger partial charge in [-0.05, 0) is 43.3 Å². The molecule has 6 nitrogen and oxygen atoms in total. The predicted octanol–water partition coefficient (Wildman–Crippen LogP) is 4.46. The zero-order valence-electron chi connectivity index (χ0n) is 15.2. The zero-order valence-corrected chi connectivity index (χ0v) is 15.2. The molecule has 0 aliphatic heterocycles. The third-order valence-corrected chi connectivity index (χ3v) is 3.95. The van der Waals surface area contributed by atoms with E-state index in [-0.39, 0.29) is 6.03 Å². The standard InChI is InChI=1S/C22H19N3O3/c1-15-7-9-16(10-8-15)20(26)21(27)23-18-11-13-19(14-12-18)25-22(28)24-17-5-3-2-4-6-17/h2-14H,1H3,(H,23,27)(H2,24,25,28). The second-order valence-electron chi connectivity index (χ2n) is 6.17. The Kier molecular flexibility index (Phi) is 5.81. The van der Waals surface area contributed by atoms with Crippen molar-refractivity contribution in [3.63, 3.8) is 0 Å². The number of aryl methyl sites for hydroxylation is 1. The van der Waals surface area contributed by atoms with Crippen LogP contribution in [0.15, 0.2) is 78.9 Å². The molecule has 3 amide bonds. The molecule has 0 aromatic heterocycles. The number of carbonyl (C=O) groups is 3. The largest absolute Gasteiger partial charge is 0.323 e. The summed E-state index contributed by atoms with van der Waals surface area (Å²) in [4.78, 5) is 36.3. The van der Waals surface area contributed by atoms with Crippen molar-refractivity contribution in [1.82, 2.24) is 0 Å². The van der Waals surface area contributed by atoms with Crippen LogP contribution < -0.4 is 16.0 Å². The van der Waals surface area contributed by atoms with Gasteiger partial charge in [-0.15, -0.1) is 0 Å². The van der Waals surface area contributed by atoms with Gasteiger partial charge in [-0.1, -0.05) is 48.0 Å². The molecule has 0 saturated carbocycles. The lowest BCUT2D eigenvalue weighted by Gasteiger charge is -2.09. The topological polar surface area (TPSA) is 87.3 Å². The van der Waals surface area contributed by atoms with Gasteiger partial charge in [0.1, 0.15) is 0 Å². The molecule has 0 spiro atoms. The molecule has 3 aromatic rings. The van der Waals surface area contributed by atoms with Crippen LogP contribution in [0.1, 0.15) is 15.9 Å². The normalized spacial score (nSPS) is 10.0. The molecule has 0 unspecified atom stereocenters. The van der Waals surface area contributed by atoms with E-state index in [1.807, 2.05) is 25.1 Å². The number of hydrogen-bond donors (Lipinski definition) is 3. The van der Waals surface area contributed by atoms with E-state index in [2.05, 4.69) is 16.0 Å². The van der Waals surface area contributed by atoms with E-state index in [1.54, 1.807) is 60.7 Å². The van der Waals surface area contributed by atoms with Crippen LogP contribution in [0.2, 0.25) is 0 Å². The molecule has 28 heavy (non-hydrogen) atoms. The number of rotatable bonds is 5. The fraction of sp³-hybridized carbons (Fsp3) is 0.0455. The fourth-order valence-corrected chi connectivity index (χ4v) is 2.48. The third-order valence-electron chi connectivity index (χ3n) is 3.95. The second-order valence-corrected chi connectivity index (χ2v) is 6.17. The Morgan fingerprint density at radius 2 is 1.11 bits per heavy atom. The minimum Gasteiger partial charge on any atom is -0.319 e. The summed E-state index contributed by atoms with van der Waals surface area (Å²) >= 11 is 0. The molecule has 0 bridgehead atoms. The summed E-state index contributed by atoms with van der Waals surface area (Å²) in [6.07, 6.45) is 0. The van der Waals surface area contributed by atoms with Crippen LogP contribution in [0.25, 0.3) is 0 Å². The number of urea groups is 1. The highest BCUT2D eigenvalue weighted by Gasteiger charge is 2.16. The first-order valence-electron chi connectivity index (χ1n) is 8.67. The van der Waals surface area contributed by atoms with E-state index in [1.165, 1.54) is 0 Å². The average Bonchev–Trinajstić information content (AvgIpc) is 2.70. The number of para-hydroxylation sites is 1. The van der Waals surface area contributed by atoms with Crippen molar-refractivity contribution in [2.75, 3.05) is 16.0 Å². The summed E-state index contributed by atoms with van der Waals surface area (Å²) in [7, 11) is 0. The van der Waals surface area contributed by atoms with E-state index >= 15 is 0 Å². The van der Waals surface area contributed by atoms with Crippen LogP contribution >= 0.6 is 0 Å². The van der Waals surface area contributed by atoms with E-state index in [0.29, 0.717) is 22.6 Å². The van der Waals surface area contributed by atoms with Crippen molar-refractivity contribution < 1.29 is 14.4 Å². The highest BCUT2D eigenvalue weighted by Crippen LogP contribution is 2.15. The summed E-state index contributed by atoms with van der Waals surface area (Å²) in [5, 5.41) is 7.96.